The maximum absolute atomic E-state index is 2.36. The summed E-state index contributed by atoms with van der Waals surface area (Å²) in [4.78, 5) is 0. The van der Waals surface area contributed by atoms with E-state index in [9.17, 15) is 0 Å². The fourth-order valence-corrected chi connectivity index (χ4v) is 4.93. The van der Waals surface area contributed by atoms with E-state index in [-0.39, 0.29) is 0 Å². The molecule has 0 spiro atoms. The molecule has 0 saturated carbocycles. The van der Waals surface area contributed by atoms with E-state index in [2.05, 4.69) is 97.2 Å². The Balaban J connectivity index is 1.89. The summed E-state index contributed by atoms with van der Waals surface area (Å²) < 4.78 is 1.38. The van der Waals surface area contributed by atoms with Gasteiger partial charge in [0.15, 0.2) is 0 Å². The number of rotatable bonds is 2. The first-order chi connectivity index (χ1) is 12.8. The van der Waals surface area contributed by atoms with Crippen LogP contribution in [0.3, 0.4) is 0 Å². The second-order valence-corrected chi connectivity index (χ2v) is 7.56. The van der Waals surface area contributed by atoms with Crippen molar-refractivity contribution in [1.82, 2.24) is 0 Å². The number of benzene rings is 4. The van der Waals surface area contributed by atoms with Crippen molar-refractivity contribution >= 4 is 32.2 Å². The molecule has 0 amide bonds. The lowest BCUT2D eigenvalue weighted by atomic mass is 9.91. The summed E-state index contributed by atoms with van der Waals surface area (Å²) in [6.45, 7) is 2.22. The Kier molecular flexibility index (Phi) is 3.62. The minimum absolute atomic E-state index is 1.26. The lowest BCUT2D eigenvalue weighted by Gasteiger charge is -2.13. The van der Waals surface area contributed by atoms with E-state index < -0.39 is 0 Å². The van der Waals surface area contributed by atoms with Gasteiger partial charge in [0.1, 0.15) is 0 Å². The molecule has 0 aliphatic rings. The molecule has 0 aliphatic heterocycles. The number of thiophene rings is 1. The molecule has 124 valence electrons. The molecule has 1 heteroatoms. The van der Waals surface area contributed by atoms with E-state index in [0.717, 1.165) is 0 Å². The highest BCUT2D eigenvalue weighted by Crippen LogP contribution is 2.42. The van der Waals surface area contributed by atoms with Crippen LogP contribution in [-0.2, 0) is 0 Å². The van der Waals surface area contributed by atoms with E-state index in [1.54, 1.807) is 0 Å². The fraction of sp³-hybridized carbons (Fsp3) is 0.0400. The molecule has 1 aromatic heterocycles. The van der Waals surface area contributed by atoms with Crippen LogP contribution in [0.25, 0.3) is 43.1 Å². The van der Waals surface area contributed by atoms with E-state index in [1.165, 1.54) is 48.7 Å². The lowest BCUT2D eigenvalue weighted by molar-refractivity contribution is 1.60. The molecule has 0 nitrogen and oxygen atoms in total. The zero-order valence-corrected chi connectivity index (χ0v) is 15.4. The van der Waals surface area contributed by atoms with E-state index in [0.29, 0.717) is 0 Å². The predicted molar refractivity (Wildman–Crippen MR) is 115 cm³/mol. The highest BCUT2D eigenvalue weighted by Gasteiger charge is 2.15. The first-order valence-electron chi connectivity index (χ1n) is 8.87. The van der Waals surface area contributed by atoms with Gasteiger partial charge in [0.25, 0.3) is 0 Å². The first kappa shape index (κ1) is 15.4. The third-order valence-electron chi connectivity index (χ3n) is 5.05. The smallest absolute Gasteiger partial charge is 0.0430 e. The Morgan fingerprint density at radius 2 is 1.35 bits per heavy atom. The van der Waals surface area contributed by atoms with Gasteiger partial charge in [0.05, 0.1) is 0 Å². The molecule has 0 radical (unpaired) electrons. The van der Waals surface area contributed by atoms with Gasteiger partial charge in [0.2, 0.25) is 0 Å². The van der Waals surface area contributed by atoms with Crippen molar-refractivity contribution in [3.63, 3.8) is 0 Å². The largest absolute Gasteiger partial charge is 0.143 e. The second kappa shape index (κ2) is 6.12. The minimum atomic E-state index is 1.26. The van der Waals surface area contributed by atoms with Gasteiger partial charge >= 0.3 is 0 Å². The van der Waals surface area contributed by atoms with E-state index in [4.69, 9.17) is 0 Å². The van der Waals surface area contributed by atoms with Crippen LogP contribution in [0.2, 0.25) is 0 Å². The molecule has 5 aromatic rings. The van der Waals surface area contributed by atoms with E-state index in [1.807, 2.05) is 11.3 Å². The summed E-state index contributed by atoms with van der Waals surface area (Å²) in [5.74, 6) is 0. The maximum Gasteiger partial charge on any atom is 0.0430 e. The summed E-state index contributed by atoms with van der Waals surface area (Å²) in [6.07, 6.45) is 0. The number of hydrogen-bond acceptors (Lipinski definition) is 1. The first-order valence-corrected chi connectivity index (χ1v) is 9.75. The lowest BCUT2D eigenvalue weighted by Crippen LogP contribution is -1.87. The molecule has 0 unspecified atom stereocenters. The van der Waals surface area contributed by atoms with Crippen molar-refractivity contribution in [2.24, 2.45) is 0 Å². The predicted octanol–water partition coefficient (Wildman–Crippen LogP) is 7.70. The highest BCUT2D eigenvalue weighted by molar-refractivity contribution is 7.18. The van der Waals surface area contributed by atoms with Crippen LogP contribution >= 0.6 is 11.3 Å². The van der Waals surface area contributed by atoms with Gasteiger partial charge in [-0.15, -0.1) is 11.3 Å². The molecule has 0 atom stereocenters. The van der Waals surface area contributed by atoms with Gasteiger partial charge in [-0.3, -0.25) is 0 Å². The Labute approximate surface area is 157 Å². The van der Waals surface area contributed by atoms with Gasteiger partial charge in [-0.25, -0.2) is 0 Å². The van der Waals surface area contributed by atoms with Crippen LogP contribution in [0.4, 0.5) is 0 Å². The topological polar surface area (TPSA) is 0 Å². The molecule has 4 aromatic carbocycles. The van der Waals surface area contributed by atoms with Crippen molar-refractivity contribution in [2.75, 3.05) is 0 Å². The van der Waals surface area contributed by atoms with Crippen LogP contribution in [0, 0.1) is 6.92 Å². The van der Waals surface area contributed by atoms with Crippen molar-refractivity contribution in [3.05, 3.63) is 95.9 Å². The quantitative estimate of drug-likeness (QED) is 0.306. The fourth-order valence-electron chi connectivity index (χ4n) is 3.84. The third kappa shape index (κ3) is 2.36. The molecule has 5 rings (SSSR count). The van der Waals surface area contributed by atoms with Crippen molar-refractivity contribution in [2.45, 2.75) is 6.92 Å². The zero-order chi connectivity index (χ0) is 17.5. The molecule has 0 N–H and O–H groups in total. The average molecular weight is 350 g/mol. The molecular formula is C25H18S. The summed E-state index contributed by atoms with van der Waals surface area (Å²) in [7, 11) is 0. The van der Waals surface area contributed by atoms with Gasteiger partial charge < -0.3 is 0 Å². The molecule has 0 fully saturated rings. The molecule has 1 heterocycles. The summed E-state index contributed by atoms with van der Waals surface area (Å²) >= 11 is 1.85. The maximum atomic E-state index is 2.36. The SMILES string of the molecule is Cc1csc2c(-c3ccccc3-c3ccccc3)cc3ccccc3c12. The minimum Gasteiger partial charge on any atom is -0.143 e. The molecule has 26 heavy (non-hydrogen) atoms. The molecular weight excluding hydrogens is 332 g/mol. The van der Waals surface area contributed by atoms with Crippen molar-refractivity contribution < 1.29 is 0 Å². The van der Waals surface area contributed by atoms with E-state index >= 15 is 0 Å². The number of fused-ring (bicyclic) bond motifs is 3. The molecule has 0 bridgehead atoms. The summed E-state index contributed by atoms with van der Waals surface area (Å²) in [5, 5.41) is 6.33. The van der Waals surface area contributed by atoms with Crippen LogP contribution in [-0.4, -0.2) is 0 Å². The van der Waals surface area contributed by atoms with Gasteiger partial charge in [0, 0.05) is 15.6 Å². The van der Waals surface area contributed by atoms with Gasteiger partial charge in [-0.05, 0) is 51.4 Å². The Bertz CT molecular complexity index is 1230. The molecule has 0 aliphatic carbocycles. The molecule has 0 saturated heterocycles. The number of aryl methyl sites for hydroxylation is 1. The van der Waals surface area contributed by atoms with Gasteiger partial charge in [-0.2, -0.15) is 0 Å². The summed E-state index contributed by atoms with van der Waals surface area (Å²) in [5.41, 5.74) is 6.54. The van der Waals surface area contributed by atoms with Crippen LogP contribution in [0.1, 0.15) is 5.56 Å². The Hall–Kier alpha value is -2.90. The third-order valence-corrected chi connectivity index (χ3v) is 6.18. The Morgan fingerprint density at radius 1 is 0.654 bits per heavy atom. The number of hydrogen-bond donors (Lipinski definition) is 0. The zero-order valence-electron chi connectivity index (χ0n) is 14.6. The van der Waals surface area contributed by atoms with Crippen molar-refractivity contribution in [1.29, 1.82) is 0 Å². The highest BCUT2D eigenvalue weighted by atomic mass is 32.1. The summed E-state index contributed by atoms with van der Waals surface area (Å²) in [6, 6.07) is 30.5. The monoisotopic (exact) mass is 350 g/mol. The van der Waals surface area contributed by atoms with Crippen molar-refractivity contribution in [3.8, 4) is 22.3 Å². The Morgan fingerprint density at radius 3 is 2.19 bits per heavy atom. The normalized spacial score (nSPS) is 11.3. The van der Waals surface area contributed by atoms with Gasteiger partial charge in [-0.1, -0.05) is 78.9 Å². The van der Waals surface area contributed by atoms with Crippen LogP contribution < -0.4 is 0 Å². The van der Waals surface area contributed by atoms with Crippen LogP contribution in [0.15, 0.2) is 90.3 Å². The van der Waals surface area contributed by atoms with Crippen LogP contribution in [0.5, 0.6) is 0 Å². The average Bonchev–Trinajstić information content (AvgIpc) is 3.10. The second-order valence-electron chi connectivity index (χ2n) is 6.68. The standard InChI is InChI=1S/C25H18S/c1-17-16-26-25-23(15-19-11-5-6-13-21(19)24(17)25)22-14-8-7-12-20(22)18-9-3-2-4-10-18/h2-16H,1H3.